The number of rotatable bonds is 3. The number of carbonyl (C=O) groups excluding carboxylic acids is 1. The zero-order chi connectivity index (χ0) is 13.1. The SMILES string of the molecule is NCC(=O)NC12CC3C=C1CC3(c1ccccc1)C2. The predicted molar refractivity (Wildman–Crippen MR) is 73.5 cm³/mol. The van der Waals surface area contributed by atoms with Gasteiger partial charge in [-0.15, -0.1) is 0 Å². The van der Waals surface area contributed by atoms with E-state index in [2.05, 4.69) is 41.7 Å². The van der Waals surface area contributed by atoms with Crippen LogP contribution in [0.2, 0.25) is 0 Å². The maximum absolute atomic E-state index is 11.7. The fraction of sp³-hybridized carbons (Fsp3) is 0.438. The van der Waals surface area contributed by atoms with Crippen molar-refractivity contribution >= 4 is 5.91 Å². The van der Waals surface area contributed by atoms with Crippen LogP contribution in [-0.2, 0) is 10.2 Å². The molecule has 98 valence electrons. The van der Waals surface area contributed by atoms with Gasteiger partial charge >= 0.3 is 0 Å². The number of nitrogens with one attached hydrogen (secondary N) is 1. The molecule has 3 unspecified atom stereocenters. The minimum atomic E-state index is -0.0863. The smallest absolute Gasteiger partial charge is 0.234 e. The summed E-state index contributed by atoms with van der Waals surface area (Å²) in [5.41, 5.74) is 8.45. The van der Waals surface area contributed by atoms with Crippen LogP contribution in [0.4, 0.5) is 0 Å². The molecule has 3 atom stereocenters. The molecule has 3 heteroatoms. The van der Waals surface area contributed by atoms with E-state index in [1.165, 1.54) is 11.1 Å². The molecular formula is C16H18N2O. The molecule has 0 aliphatic heterocycles. The summed E-state index contributed by atoms with van der Waals surface area (Å²) in [5, 5.41) is 3.19. The van der Waals surface area contributed by atoms with Crippen LogP contribution in [0.1, 0.15) is 24.8 Å². The summed E-state index contributed by atoms with van der Waals surface area (Å²) in [6, 6.07) is 10.8. The van der Waals surface area contributed by atoms with Crippen molar-refractivity contribution in [2.75, 3.05) is 6.54 Å². The van der Waals surface area contributed by atoms with E-state index in [1.54, 1.807) is 0 Å². The molecule has 0 spiro atoms. The Hall–Kier alpha value is -1.61. The summed E-state index contributed by atoms with van der Waals surface area (Å²) < 4.78 is 0. The molecule has 19 heavy (non-hydrogen) atoms. The minimum Gasteiger partial charge on any atom is -0.346 e. The van der Waals surface area contributed by atoms with Gasteiger partial charge in [0.1, 0.15) is 0 Å². The number of allylic oxidation sites excluding steroid dienone is 1. The number of benzene rings is 1. The van der Waals surface area contributed by atoms with Gasteiger partial charge in [0, 0.05) is 5.41 Å². The maximum atomic E-state index is 11.7. The highest BCUT2D eigenvalue weighted by Crippen LogP contribution is 2.68. The van der Waals surface area contributed by atoms with E-state index >= 15 is 0 Å². The van der Waals surface area contributed by atoms with Crippen molar-refractivity contribution in [3.63, 3.8) is 0 Å². The summed E-state index contributed by atoms with van der Waals surface area (Å²) >= 11 is 0. The quantitative estimate of drug-likeness (QED) is 0.803. The highest BCUT2D eigenvalue weighted by molar-refractivity contribution is 5.80. The molecular weight excluding hydrogens is 236 g/mol. The largest absolute Gasteiger partial charge is 0.346 e. The maximum Gasteiger partial charge on any atom is 0.234 e. The molecule has 2 saturated carbocycles. The topological polar surface area (TPSA) is 55.1 Å². The van der Waals surface area contributed by atoms with Crippen molar-refractivity contribution in [3.05, 3.63) is 47.5 Å². The highest BCUT2D eigenvalue weighted by atomic mass is 16.2. The molecule has 1 aromatic rings. The number of hydrogen-bond donors (Lipinski definition) is 2. The Bertz CT molecular complexity index is 580. The first kappa shape index (κ1) is 11.2. The molecule has 0 saturated heterocycles. The van der Waals surface area contributed by atoms with Crippen LogP contribution in [0.3, 0.4) is 0 Å². The summed E-state index contributed by atoms with van der Waals surface area (Å²) in [4.78, 5) is 11.7. The first-order valence-corrected chi connectivity index (χ1v) is 6.96. The number of hydrogen-bond acceptors (Lipinski definition) is 2. The van der Waals surface area contributed by atoms with Crippen LogP contribution in [0.5, 0.6) is 0 Å². The molecule has 2 fully saturated rings. The van der Waals surface area contributed by atoms with Crippen LogP contribution in [0.15, 0.2) is 42.0 Å². The molecule has 1 aromatic carbocycles. The zero-order valence-electron chi connectivity index (χ0n) is 10.9. The fourth-order valence-corrected chi connectivity index (χ4v) is 4.62. The van der Waals surface area contributed by atoms with Crippen molar-refractivity contribution in [2.24, 2.45) is 11.7 Å². The standard InChI is InChI=1S/C16H18N2O/c17-9-14(19)18-16-8-12-6-13(16)7-15(12,10-16)11-4-2-1-3-5-11/h1-6,12H,7-10,17H2,(H,18,19). The van der Waals surface area contributed by atoms with Crippen LogP contribution in [-0.4, -0.2) is 18.0 Å². The third-order valence-corrected chi connectivity index (χ3v) is 5.33. The van der Waals surface area contributed by atoms with Gasteiger partial charge in [0.25, 0.3) is 0 Å². The normalized spacial score (nSPS) is 37.7. The average Bonchev–Trinajstić information content (AvgIpc) is 3.10. The summed E-state index contributed by atoms with van der Waals surface area (Å²) in [5.74, 6) is 0.556. The molecule has 0 aromatic heterocycles. The molecule has 3 N–H and O–H groups in total. The molecule has 4 aliphatic rings. The van der Waals surface area contributed by atoms with E-state index in [0.29, 0.717) is 5.92 Å². The monoisotopic (exact) mass is 254 g/mol. The Morgan fingerprint density at radius 1 is 1.37 bits per heavy atom. The van der Waals surface area contributed by atoms with Crippen LogP contribution >= 0.6 is 0 Å². The molecule has 5 rings (SSSR count). The molecule has 4 aliphatic carbocycles. The van der Waals surface area contributed by atoms with Gasteiger partial charge in [-0.05, 0) is 36.3 Å². The van der Waals surface area contributed by atoms with Crippen molar-refractivity contribution in [1.82, 2.24) is 5.32 Å². The molecule has 0 heterocycles. The Kier molecular flexibility index (Phi) is 2.06. The Morgan fingerprint density at radius 3 is 2.79 bits per heavy atom. The molecule has 0 radical (unpaired) electrons. The second kappa shape index (κ2) is 3.48. The Labute approximate surface area is 112 Å². The lowest BCUT2D eigenvalue weighted by molar-refractivity contribution is -0.121. The first-order valence-electron chi connectivity index (χ1n) is 6.96. The molecule has 3 nitrogen and oxygen atoms in total. The molecule has 4 bridgehead atoms. The van der Waals surface area contributed by atoms with Crippen LogP contribution in [0.25, 0.3) is 0 Å². The average molecular weight is 254 g/mol. The lowest BCUT2D eigenvalue weighted by Gasteiger charge is -2.29. The van der Waals surface area contributed by atoms with E-state index in [-0.39, 0.29) is 23.4 Å². The van der Waals surface area contributed by atoms with E-state index in [1.807, 2.05) is 0 Å². The molecule has 1 amide bonds. The van der Waals surface area contributed by atoms with E-state index in [0.717, 1.165) is 19.3 Å². The van der Waals surface area contributed by atoms with E-state index in [9.17, 15) is 4.79 Å². The lowest BCUT2D eigenvalue weighted by atomic mass is 9.74. The first-order chi connectivity index (χ1) is 9.18. The van der Waals surface area contributed by atoms with Gasteiger partial charge in [-0.2, -0.15) is 0 Å². The minimum absolute atomic E-state index is 0.0303. The van der Waals surface area contributed by atoms with Crippen molar-refractivity contribution in [1.29, 1.82) is 0 Å². The second-order valence-electron chi connectivity index (χ2n) is 6.21. The van der Waals surface area contributed by atoms with Gasteiger partial charge in [0.15, 0.2) is 0 Å². The van der Waals surface area contributed by atoms with E-state index in [4.69, 9.17) is 5.73 Å². The van der Waals surface area contributed by atoms with Gasteiger partial charge in [0.05, 0.1) is 12.1 Å². The number of carbonyl (C=O) groups is 1. The second-order valence-corrected chi connectivity index (χ2v) is 6.21. The van der Waals surface area contributed by atoms with Gasteiger partial charge in [0.2, 0.25) is 5.91 Å². The van der Waals surface area contributed by atoms with E-state index < -0.39 is 0 Å². The Balaban J connectivity index is 1.70. The third-order valence-electron chi connectivity index (χ3n) is 5.33. The third kappa shape index (κ3) is 1.29. The zero-order valence-corrected chi connectivity index (χ0v) is 10.9. The van der Waals surface area contributed by atoms with Gasteiger partial charge in [-0.1, -0.05) is 36.4 Å². The number of nitrogens with two attached hydrogens (primary N) is 1. The van der Waals surface area contributed by atoms with Gasteiger partial charge in [-0.3, -0.25) is 4.79 Å². The summed E-state index contributed by atoms with van der Waals surface area (Å²) in [6.07, 6.45) is 5.61. The van der Waals surface area contributed by atoms with Crippen molar-refractivity contribution < 1.29 is 4.79 Å². The predicted octanol–water partition coefficient (Wildman–Crippen LogP) is 1.49. The van der Waals surface area contributed by atoms with Crippen LogP contribution < -0.4 is 11.1 Å². The van der Waals surface area contributed by atoms with Crippen LogP contribution in [0, 0.1) is 5.92 Å². The van der Waals surface area contributed by atoms with Gasteiger partial charge in [-0.25, -0.2) is 0 Å². The lowest BCUT2D eigenvalue weighted by Crippen LogP contribution is -2.47. The summed E-state index contributed by atoms with van der Waals surface area (Å²) in [6.45, 7) is 0.0814. The highest BCUT2D eigenvalue weighted by Gasteiger charge is 2.67. The van der Waals surface area contributed by atoms with Crippen molar-refractivity contribution in [3.8, 4) is 0 Å². The number of amides is 1. The Morgan fingerprint density at radius 2 is 2.16 bits per heavy atom. The van der Waals surface area contributed by atoms with Gasteiger partial charge < -0.3 is 11.1 Å². The fourth-order valence-electron chi connectivity index (χ4n) is 4.62. The van der Waals surface area contributed by atoms with Crippen molar-refractivity contribution in [2.45, 2.75) is 30.2 Å². The summed E-state index contributed by atoms with van der Waals surface area (Å²) in [7, 11) is 0.